The van der Waals surface area contributed by atoms with Gasteiger partial charge in [-0.15, -0.1) is 0 Å². The number of carboxylic acid groups (broad SMARTS) is 1. The second kappa shape index (κ2) is 8.29. The molecule has 1 aromatic heterocycles. The third-order valence-electron chi connectivity index (χ3n) is 5.09. The van der Waals surface area contributed by atoms with E-state index in [0.717, 1.165) is 37.0 Å². The maximum Gasteiger partial charge on any atom is 0.311 e. The van der Waals surface area contributed by atoms with Crippen molar-refractivity contribution in [1.82, 2.24) is 4.90 Å². The summed E-state index contributed by atoms with van der Waals surface area (Å²) in [6, 6.07) is 7.76. The molecule has 1 amide bonds. The number of nitrogens with zero attached hydrogens (tertiary/aromatic N) is 1. The summed E-state index contributed by atoms with van der Waals surface area (Å²) in [4.78, 5) is 26.4. The highest BCUT2D eigenvalue weighted by atomic mass is 16.5. The van der Waals surface area contributed by atoms with E-state index in [9.17, 15) is 9.59 Å². The normalized spacial score (nSPS) is 17.4. The summed E-state index contributed by atoms with van der Waals surface area (Å²) in [7, 11) is 1.63. The van der Waals surface area contributed by atoms with Gasteiger partial charge < -0.3 is 19.2 Å². The molecule has 6 nitrogen and oxygen atoms in total. The van der Waals surface area contributed by atoms with E-state index in [2.05, 4.69) is 0 Å². The number of hydrogen-bond donors (Lipinski definition) is 1. The Balaban J connectivity index is 1.94. The number of carbonyl (C=O) groups is 2. The van der Waals surface area contributed by atoms with Gasteiger partial charge >= 0.3 is 5.97 Å². The molecule has 2 heterocycles. The van der Waals surface area contributed by atoms with Crippen LogP contribution in [0.3, 0.4) is 0 Å². The summed E-state index contributed by atoms with van der Waals surface area (Å²) in [5.74, 6) is -0.163. The Kier molecular flexibility index (Phi) is 5.84. The molecule has 3 rings (SSSR count). The first-order valence-corrected chi connectivity index (χ1v) is 9.25. The molecule has 0 spiro atoms. The minimum atomic E-state index is -1.01. The van der Waals surface area contributed by atoms with Gasteiger partial charge in [0.2, 0.25) is 0 Å². The molecule has 1 unspecified atom stereocenters. The van der Waals surface area contributed by atoms with Gasteiger partial charge in [-0.2, -0.15) is 0 Å². The molecule has 0 saturated carbocycles. The molecule has 0 bridgehead atoms. The predicted octanol–water partition coefficient (Wildman–Crippen LogP) is 3.98. The average Bonchev–Trinajstić information content (AvgIpc) is 2.86. The fourth-order valence-corrected chi connectivity index (χ4v) is 3.72. The molecule has 2 aromatic rings. The largest absolute Gasteiger partial charge is 0.497 e. The smallest absolute Gasteiger partial charge is 0.311 e. The van der Waals surface area contributed by atoms with E-state index < -0.39 is 5.97 Å². The van der Waals surface area contributed by atoms with Gasteiger partial charge in [-0.1, -0.05) is 25.0 Å². The van der Waals surface area contributed by atoms with Crippen molar-refractivity contribution in [3.8, 4) is 5.75 Å². The van der Waals surface area contributed by atoms with Crippen LogP contribution in [-0.4, -0.2) is 35.5 Å². The molecule has 1 aliphatic heterocycles. The van der Waals surface area contributed by atoms with Crippen molar-refractivity contribution in [2.45, 2.75) is 45.1 Å². The highest BCUT2D eigenvalue weighted by molar-refractivity contribution is 5.97. The molecule has 144 valence electrons. The van der Waals surface area contributed by atoms with Gasteiger partial charge in [-0.05, 0) is 37.5 Å². The molecule has 1 atom stereocenters. The Morgan fingerprint density at radius 3 is 2.63 bits per heavy atom. The lowest BCUT2D eigenvalue weighted by atomic mass is 9.99. The highest BCUT2D eigenvalue weighted by Crippen LogP contribution is 2.33. The minimum absolute atomic E-state index is 0.0436. The Hall–Kier alpha value is -2.76. The van der Waals surface area contributed by atoms with Crippen molar-refractivity contribution in [3.63, 3.8) is 0 Å². The van der Waals surface area contributed by atoms with Crippen molar-refractivity contribution >= 4 is 11.9 Å². The first kappa shape index (κ1) is 19.0. The van der Waals surface area contributed by atoms with Crippen LogP contribution in [0.5, 0.6) is 5.75 Å². The van der Waals surface area contributed by atoms with Crippen molar-refractivity contribution in [1.29, 1.82) is 0 Å². The van der Waals surface area contributed by atoms with Gasteiger partial charge in [0.1, 0.15) is 17.9 Å². The van der Waals surface area contributed by atoms with Crippen LogP contribution in [-0.2, 0) is 11.2 Å². The Morgan fingerprint density at radius 2 is 1.96 bits per heavy atom. The fraction of sp³-hybridized carbons (Fsp3) is 0.429. The molecule has 1 N–H and O–H groups in total. The number of likely N-dealkylation sites (tertiary alicyclic amines) is 1. The first-order valence-electron chi connectivity index (χ1n) is 9.25. The number of aryl methyl sites for hydroxylation is 1. The monoisotopic (exact) mass is 371 g/mol. The number of furan rings is 1. The van der Waals surface area contributed by atoms with Crippen LogP contribution in [0.2, 0.25) is 0 Å². The quantitative estimate of drug-likeness (QED) is 0.860. The van der Waals surface area contributed by atoms with Crippen LogP contribution in [0, 0.1) is 6.92 Å². The van der Waals surface area contributed by atoms with E-state index in [4.69, 9.17) is 14.3 Å². The van der Waals surface area contributed by atoms with E-state index in [1.54, 1.807) is 14.0 Å². The van der Waals surface area contributed by atoms with Crippen molar-refractivity contribution in [3.05, 3.63) is 53.0 Å². The molecule has 1 fully saturated rings. The minimum Gasteiger partial charge on any atom is -0.497 e. The standard InChI is InChI=1S/C21H25NO5/c1-14-13-27-18(12-19(23)24)20(14)21(25)22-11-5-3-4-6-17(22)15-7-9-16(26-2)10-8-15/h7-10,13,17H,3-6,11-12H2,1-2H3,(H,23,24). The van der Waals surface area contributed by atoms with E-state index >= 15 is 0 Å². The maximum atomic E-state index is 13.4. The van der Waals surface area contributed by atoms with E-state index in [0.29, 0.717) is 17.7 Å². The number of methoxy groups -OCH3 is 1. The van der Waals surface area contributed by atoms with Crippen LogP contribution < -0.4 is 4.74 Å². The van der Waals surface area contributed by atoms with Gasteiger partial charge in [0.05, 0.1) is 25.0 Å². The van der Waals surface area contributed by atoms with Crippen molar-refractivity contribution in [2.75, 3.05) is 13.7 Å². The highest BCUT2D eigenvalue weighted by Gasteiger charge is 2.31. The first-order chi connectivity index (χ1) is 13.0. The Labute approximate surface area is 158 Å². The topological polar surface area (TPSA) is 80.0 Å². The number of carboxylic acids is 1. The van der Waals surface area contributed by atoms with Gasteiger partial charge in [0.25, 0.3) is 5.91 Å². The second-order valence-corrected chi connectivity index (χ2v) is 6.92. The molecule has 1 aliphatic rings. The molecular formula is C21H25NO5. The van der Waals surface area contributed by atoms with E-state index in [1.165, 1.54) is 6.26 Å². The average molecular weight is 371 g/mol. The third kappa shape index (κ3) is 4.15. The summed E-state index contributed by atoms with van der Waals surface area (Å²) in [6.07, 6.45) is 5.10. The zero-order valence-electron chi connectivity index (χ0n) is 15.7. The van der Waals surface area contributed by atoms with Crippen molar-refractivity contribution in [2.24, 2.45) is 0 Å². The zero-order valence-corrected chi connectivity index (χ0v) is 15.7. The predicted molar refractivity (Wildman–Crippen MR) is 100 cm³/mol. The molecule has 1 saturated heterocycles. The van der Waals surface area contributed by atoms with E-state index in [1.807, 2.05) is 29.2 Å². The number of rotatable bonds is 5. The van der Waals surface area contributed by atoms with Crippen LogP contribution in [0.4, 0.5) is 0 Å². The van der Waals surface area contributed by atoms with Crippen molar-refractivity contribution < 1.29 is 23.8 Å². The summed E-state index contributed by atoms with van der Waals surface area (Å²) in [6.45, 7) is 2.43. The maximum absolute atomic E-state index is 13.4. The number of carbonyl (C=O) groups excluding carboxylic acids is 1. The van der Waals surface area contributed by atoms with E-state index in [-0.39, 0.29) is 24.1 Å². The number of hydrogen-bond acceptors (Lipinski definition) is 4. The number of amides is 1. The molecule has 0 aliphatic carbocycles. The molecule has 0 radical (unpaired) electrons. The second-order valence-electron chi connectivity index (χ2n) is 6.92. The van der Waals surface area contributed by atoms with Gasteiger partial charge in [0, 0.05) is 12.1 Å². The van der Waals surface area contributed by atoms with Gasteiger partial charge in [-0.3, -0.25) is 9.59 Å². The Morgan fingerprint density at radius 1 is 1.22 bits per heavy atom. The van der Waals surface area contributed by atoms with Crippen LogP contribution >= 0.6 is 0 Å². The zero-order chi connectivity index (χ0) is 19.4. The molecular weight excluding hydrogens is 346 g/mol. The summed E-state index contributed by atoms with van der Waals surface area (Å²) in [5.41, 5.74) is 2.12. The Bertz CT molecular complexity index is 808. The molecule has 27 heavy (non-hydrogen) atoms. The van der Waals surface area contributed by atoms with Gasteiger partial charge in [-0.25, -0.2) is 0 Å². The number of benzene rings is 1. The van der Waals surface area contributed by atoms with Gasteiger partial charge in [0.15, 0.2) is 0 Å². The SMILES string of the molecule is COc1ccc(C2CCCCCN2C(=O)c2c(C)coc2CC(=O)O)cc1. The lowest BCUT2D eigenvalue weighted by molar-refractivity contribution is -0.136. The fourth-order valence-electron chi connectivity index (χ4n) is 3.72. The lowest BCUT2D eigenvalue weighted by Gasteiger charge is -2.31. The number of ether oxygens (including phenoxy) is 1. The molecule has 1 aromatic carbocycles. The van der Waals surface area contributed by atoms with Crippen LogP contribution in [0.25, 0.3) is 0 Å². The molecule has 6 heteroatoms. The number of aliphatic carboxylic acids is 1. The third-order valence-corrected chi connectivity index (χ3v) is 5.09. The summed E-state index contributed by atoms with van der Waals surface area (Å²) in [5, 5.41) is 9.12. The van der Waals surface area contributed by atoms with Crippen LogP contribution in [0.1, 0.15) is 59.0 Å². The van der Waals surface area contributed by atoms with Crippen LogP contribution in [0.15, 0.2) is 34.9 Å². The summed E-state index contributed by atoms with van der Waals surface area (Å²) < 4.78 is 10.6. The summed E-state index contributed by atoms with van der Waals surface area (Å²) >= 11 is 0. The lowest BCUT2D eigenvalue weighted by Crippen LogP contribution is -2.35.